The molecule has 3 aromatic rings. The Labute approximate surface area is 200 Å². The fraction of sp³-hybridized carbons (Fsp3) is 0.120. The van der Waals surface area contributed by atoms with Crippen LogP contribution >= 0.6 is 11.6 Å². The Morgan fingerprint density at radius 2 is 1.76 bits per heavy atom. The van der Waals surface area contributed by atoms with Crippen molar-refractivity contribution < 1.29 is 19.6 Å². The molecule has 8 nitrogen and oxygen atoms in total. The molecule has 0 saturated carbocycles. The van der Waals surface area contributed by atoms with E-state index in [0.29, 0.717) is 30.8 Å². The molecule has 0 aromatic heterocycles. The van der Waals surface area contributed by atoms with Crippen LogP contribution in [0, 0.1) is 10.1 Å². The van der Waals surface area contributed by atoms with Crippen LogP contribution in [0.15, 0.2) is 72.8 Å². The number of nitrogens with one attached hydrogen (secondary N) is 1. The first-order chi connectivity index (χ1) is 16.3. The van der Waals surface area contributed by atoms with Gasteiger partial charge in [-0.05, 0) is 47.9 Å². The number of non-ortho nitro benzene ring substituents is 1. The van der Waals surface area contributed by atoms with E-state index in [9.17, 15) is 24.8 Å². The quantitative estimate of drug-likeness (QED) is 0.390. The fourth-order valence-corrected chi connectivity index (χ4v) is 3.99. The summed E-state index contributed by atoms with van der Waals surface area (Å²) in [5, 5.41) is 23.0. The minimum absolute atomic E-state index is 0.0570. The van der Waals surface area contributed by atoms with Gasteiger partial charge in [0, 0.05) is 25.2 Å². The molecule has 0 unspecified atom stereocenters. The number of hydrogen-bond acceptors (Lipinski definition) is 5. The third-order valence-corrected chi connectivity index (χ3v) is 5.86. The maximum atomic E-state index is 13.2. The molecule has 3 aromatic carbocycles. The van der Waals surface area contributed by atoms with Crippen molar-refractivity contribution in [1.82, 2.24) is 4.90 Å². The summed E-state index contributed by atoms with van der Waals surface area (Å²) in [7, 11) is 0. The summed E-state index contributed by atoms with van der Waals surface area (Å²) in [5.74, 6) is -0.606. The third-order valence-electron chi connectivity index (χ3n) is 5.55. The van der Waals surface area contributed by atoms with Crippen LogP contribution in [0.2, 0.25) is 5.02 Å². The smallest absolute Gasteiger partial charge is 0.270 e. The first-order valence-electron chi connectivity index (χ1n) is 10.5. The molecule has 1 aliphatic rings. The van der Waals surface area contributed by atoms with Gasteiger partial charge in [-0.25, -0.2) is 0 Å². The lowest BCUT2D eigenvalue weighted by Crippen LogP contribution is -2.35. The Kier molecular flexibility index (Phi) is 6.60. The van der Waals surface area contributed by atoms with Crippen molar-refractivity contribution in [2.24, 2.45) is 0 Å². The molecule has 0 aliphatic carbocycles. The number of benzene rings is 3. The van der Waals surface area contributed by atoms with Crippen LogP contribution in [0.5, 0.6) is 5.75 Å². The van der Waals surface area contributed by atoms with Crippen molar-refractivity contribution in [2.75, 3.05) is 18.4 Å². The molecule has 2 amide bonds. The number of phenolic OH excluding ortho intramolecular Hbond substituents is 1. The number of phenols is 1. The van der Waals surface area contributed by atoms with Crippen molar-refractivity contribution in [2.45, 2.75) is 6.42 Å². The Morgan fingerprint density at radius 1 is 1.03 bits per heavy atom. The van der Waals surface area contributed by atoms with Crippen LogP contribution in [-0.2, 0) is 0 Å². The highest BCUT2D eigenvalue weighted by molar-refractivity contribution is 6.34. The van der Waals surface area contributed by atoms with Crippen molar-refractivity contribution in [3.8, 4) is 5.75 Å². The SMILES string of the molecule is O=C(Nc1ccccc1C(=O)N1CC=C(c2ccc(O)cc2)CC1)c1ccc([N+](=O)[O-])cc1Cl. The van der Waals surface area contributed by atoms with Gasteiger partial charge in [0.1, 0.15) is 5.75 Å². The highest BCUT2D eigenvalue weighted by Crippen LogP contribution is 2.27. The van der Waals surface area contributed by atoms with Gasteiger partial charge in [0.15, 0.2) is 0 Å². The number of nitrogens with zero attached hydrogens (tertiary/aromatic N) is 2. The van der Waals surface area contributed by atoms with Crippen molar-refractivity contribution in [3.63, 3.8) is 0 Å². The van der Waals surface area contributed by atoms with Crippen molar-refractivity contribution in [3.05, 3.63) is 105 Å². The largest absolute Gasteiger partial charge is 0.508 e. The summed E-state index contributed by atoms with van der Waals surface area (Å²) >= 11 is 6.07. The number of rotatable bonds is 5. The molecule has 0 saturated heterocycles. The lowest BCUT2D eigenvalue weighted by Gasteiger charge is -2.27. The predicted molar refractivity (Wildman–Crippen MR) is 129 cm³/mol. The molecule has 0 radical (unpaired) electrons. The summed E-state index contributed by atoms with van der Waals surface area (Å²) in [5.41, 5.74) is 2.59. The number of nitro benzene ring substituents is 1. The molecule has 0 fully saturated rings. The van der Waals surface area contributed by atoms with Crippen LogP contribution in [-0.4, -0.2) is 39.8 Å². The number of hydrogen-bond donors (Lipinski definition) is 2. The van der Waals surface area contributed by atoms with E-state index < -0.39 is 10.8 Å². The Hall–Kier alpha value is -4.17. The number of carbonyl (C=O) groups excluding carboxylic acids is 2. The predicted octanol–water partition coefficient (Wildman–Crippen LogP) is 5.14. The zero-order valence-electron chi connectivity index (χ0n) is 17.9. The van der Waals surface area contributed by atoms with E-state index in [4.69, 9.17) is 11.6 Å². The second-order valence-corrected chi connectivity index (χ2v) is 8.11. The Bertz CT molecular complexity index is 1300. The minimum Gasteiger partial charge on any atom is -0.508 e. The molecule has 34 heavy (non-hydrogen) atoms. The van der Waals surface area contributed by atoms with Gasteiger partial charge in [0.2, 0.25) is 0 Å². The Morgan fingerprint density at radius 3 is 2.41 bits per heavy atom. The highest BCUT2D eigenvalue weighted by atomic mass is 35.5. The summed E-state index contributed by atoms with van der Waals surface area (Å²) in [4.78, 5) is 38.0. The van der Waals surface area contributed by atoms with E-state index in [1.807, 2.05) is 18.2 Å². The molecule has 0 atom stereocenters. The number of amides is 2. The van der Waals surface area contributed by atoms with E-state index in [2.05, 4.69) is 5.32 Å². The van der Waals surface area contributed by atoms with E-state index in [-0.39, 0.29) is 27.9 Å². The summed E-state index contributed by atoms with van der Waals surface area (Å²) in [6, 6.07) is 17.2. The van der Waals surface area contributed by atoms with Crippen LogP contribution < -0.4 is 5.32 Å². The molecule has 2 N–H and O–H groups in total. The Balaban J connectivity index is 1.50. The molecular formula is C25H20ClN3O5. The van der Waals surface area contributed by atoms with Gasteiger partial charge >= 0.3 is 0 Å². The highest BCUT2D eigenvalue weighted by Gasteiger charge is 2.23. The lowest BCUT2D eigenvalue weighted by atomic mass is 9.99. The number of para-hydroxylation sites is 1. The molecule has 9 heteroatoms. The second kappa shape index (κ2) is 9.76. The van der Waals surface area contributed by atoms with Gasteiger partial charge in [-0.1, -0.05) is 41.9 Å². The second-order valence-electron chi connectivity index (χ2n) is 7.70. The minimum atomic E-state index is -0.596. The average Bonchev–Trinajstić information content (AvgIpc) is 2.84. The van der Waals surface area contributed by atoms with Crippen LogP contribution in [0.3, 0.4) is 0 Å². The molecule has 0 bridgehead atoms. The number of carbonyl (C=O) groups is 2. The zero-order valence-corrected chi connectivity index (χ0v) is 18.7. The van der Waals surface area contributed by atoms with Crippen LogP contribution in [0.25, 0.3) is 5.57 Å². The number of halogens is 1. The lowest BCUT2D eigenvalue weighted by molar-refractivity contribution is -0.384. The average molecular weight is 478 g/mol. The fourth-order valence-electron chi connectivity index (χ4n) is 3.73. The summed E-state index contributed by atoms with van der Waals surface area (Å²) < 4.78 is 0. The zero-order chi connectivity index (χ0) is 24.2. The van der Waals surface area contributed by atoms with Crippen LogP contribution in [0.4, 0.5) is 11.4 Å². The van der Waals surface area contributed by atoms with E-state index in [0.717, 1.165) is 17.2 Å². The standard InChI is InChI=1S/C25H20ClN3O5/c26-22-15-18(29(33)34)7-10-20(22)24(31)27-23-4-2-1-3-21(23)25(32)28-13-11-17(12-14-28)16-5-8-19(30)9-6-16/h1-11,15,30H,12-14H2,(H,27,31). The van der Waals surface area contributed by atoms with E-state index in [1.54, 1.807) is 41.3 Å². The maximum Gasteiger partial charge on any atom is 0.270 e. The summed E-state index contributed by atoms with van der Waals surface area (Å²) in [6.45, 7) is 0.910. The van der Waals surface area contributed by atoms with Crippen molar-refractivity contribution in [1.29, 1.82) is 0 Å². The van der Waals surface area contributed by atoms with Gasteiger partial charge in [-0.3, -0.25) is 19.7 Å². The van der Waals surface area contributed by atoms with Crippen molar-refractivity contribution >= 4 is 40.4 Å². The number of anilines is 1. The van der Waals surface area contributed by atoms with E-state index in [1.165, 1.54) is 12.1 Å². The first kappa shape index (κ1) is 23.0. The van der Waals surface area contributed by atoms with Crippen LogP contribution in [0.1, 0.15) is 32.7 Å². The molecule has 0 spiro atoms. The third kappa shape index (κ3) is 4.92. The summed E-state index contributed by atoms with van der Waals surface area (Å²) in [6.07, 6.45) is 2.63. The number of aromatic hydroxyl groups is 1. The molecular weight excluding hydrogens is 458 g/mol. The van der Waals surface area contributed by atoms with E-state index >= 15 is 0 Å². The van der Waals surface area contributed by atoms with Gasteiger partial charge in [0.25, 0.3) is 17.5 Å². The maximum absolute atomic E-state index is 13.2. The normalized spacial score (nSPS) is 13.2. The first-order valence-corrected chi connectivity index (χ1v) is 10.8. The van der Waals surface area contributed by atoms with Gasteiger partial charge in [-0.2, -0.15) is 0 Å². The molecule has 172 valence electrons. The van der Waals surface area contributed by atoms with Gasteiger partial charge in [0.05, 0.1) is 26.8 Å². The molecule has 1 heterocycles. The van der Waals surface area contributed by atoms with Gasteiger partial charge < -0.3 is 15.3 Å². The monoisotopic (exact) mass is 477 g/mol. The van der Waals surface area contributed by atoms with Gasteiger partial charge in [-0.15, -0.1) is 0 Å². The topological polar surface area (TPSA) is 113 Å². The molecule has 1 aliphatic heterocycles. The molecule has 4 rings (SSSR count). The number of nitro groups is 1.